The van der Waals surface area contributed by atoms with Crippen molar-refractivity contribution in [1.29, 1.82) is 0 Å². The predicted octanol–water partition coefficient (Wildman–Crippen LogP) is 9.00. The van der Waals surface area contributed by atoms with E-state index in [-0.39, 0.29) is 5.78 Å². The molecule has 3 aromatic carbocycles. The molecule has 3 nitrogen and oxygen atoms in total. The van der Waals surface area contributed by atoms with Crippen molar-refractivity contribution >= 4 is 17.4 Å². The number of ether oxygens (including phenoxy) is 2. The van der Waals surface area contributed by atoms with E-state index in [9.17, 15) is 4.79 Å². The summed E-state index contributed by atoms with van der Waals surface area (Å²) in [5.41, 5.74) is 1.68. The molecule has 3 rings (SSSR count). The topological polar surface area (TPSA) is 35.5 Å². The van der Waals surface area contributed by atoms with Crippen molar-refractivity contribution < 1.29 is 14.3 Å². The molecule has 186 valence electrons. The fourth-order valence-corrected chi connectivity index (χ4v) is 2.87. The number of hydrogen-bond donors (Lipinski definition) is 0. The largest absolute Gasteiger partial charge is 0.493 e. The first-order valence-electron chi connectivity index (χ1n) is 12.2. The summed E-state index contributed by atoms with van der Waals surface area (Å²) in [6, 6.07) is 27.3. The molecule has 0 amide bonds. The number of ketones is 1. The standard InChI is InChI=1S/C20H23ClO3.C6H6.2C2H6/c1-16(22)19-11-10-18(24-15-17-8-4-2-5-9-17)14-20(19)23-13-7-3-6-12-21;1-2-4-6-5-3-1;2*1-2/h2,4-5,8-11,14H,3,6-7,12-13,15H2,1H3;1-6H;2*1-2H3. The number of Topliss-reactive ketones (excluding diaryl/α,β-unsaturated/α-hetero) is 1. The highest BCUT2D eigenvalue weighted by Crippen LogP contribution is 2.26. The Morgan fingerprint density at radius 2 is 1.29 bits per heavy atom. The van der Waals surface area contributed by atoms with Crippen molar-refractivity contribution in [3.8, 4) is 11.5 Å². The van der Waals surface area contributed by atoms with Crippen molar-refractivity contribution in [3.63, 3.8) is 0 Å². The van der Waals surface area contributed by atoms with Crippen LogP contribution < -0.4 is 9.47 Å². The Labute approximate surface area is 212 Å². The molecule has 34 heavy (non-hydrogen) atoms. The highest BCUT2D eigenvalue weighted by molar-refractivity contribution is 6.17. The highest BCUT2D eigenvalue weighted by atomic mass is 35.5. The van der Waals surface area contributed by atoms with Gasteiger partial charge in [0.2, 0.25) is 0 Å². The zero-order valence-electron chi connectivity index (χ0n) is 21.4. The zero-order chi connectivity index (χ0) is 25.4. The Morgan fingerprint density at radius 3 is 1.82 bits per heavy atom. The Kier molecular flexibility index (Phi) is 20.2. The SMILES string of the molecule is CC.CC.CC(=O)c1ccc(OCc2ccccc2)cc1OCCCCCCl.c1ccccc1. The van der Waals surface area contributed by atoms with Gasteiger partial charge in [-0.3, -0.25) is 4.79 Å². The van der Waals surface area contributed by atoms with Crippen molar-refractivity contribution in [1.82, 2.24) is 0 Å². The summed E-state index contributed by atoms with van der Waals surface area (Å²) in [5.74, 6) is 1.93. The minimum Gasteiger partial charge on any atom is -0.493 e. The van der Waals surface area contributed by atoms with E-state index in [0.29, 0.717) is 36.2 Å². The van der Waals surface area contributed by atoms with Crippen LogP contribution in [0.4, 0.5) is 0 Å². The summed E-state index contributed by atoms with van der Waals surface area (Å²) in [7, 11) is 0. The molecule has 0 bridgehead atoms. The second kappa shape index (κ2) is 22.0. The van der Waals surface area contributed by atoms with Gasteiger partial charge >= 0.3 is 0 Å². The first-order valence-corrected chi connectivity index (χ1v) is 12.7. The monoisotopic (exact) mass is 484 g/mol. The normalized spacial score (nSPS) is 9.12. The molecule has 4 heteroatoms. The summed E-state index contributed by atoms with van der Waals surface area (Å²) in [4.78, 5) is 11.8. The van der Waals surface area contributed by atoms with Gasteiger partial charge in [0.05, 0.1) is 12.2 Å². The van der Waals surface area contributed by atoms with Gasteiger partial charge in [0.1, 0.15) is 18.1 Å². The number of carbonyl (C=O) groups excluding carboxylic acids is 1. The number of benzene rings is 3. The third-order valence-electron chi connectivity index (χ3n) is 4.28. The van der Waals surface area contributed by atoms with Crippen molar-refractivity contribution in [2.45, 2.75) is 60.5 Å². The van der Waals surface area contributed by atoms with E-state index < -0.39 is 0 Å². The molecule has 0 heterocycles. The molecule has 0 radical (unpaired) electrons. The fourth-order valence-electron chi connectivity index (χ4n) is 2.68. The molecule has 0 N–H and O–H groups in total. The van der Waals surface area contributed by atoms with Crippen molar-refractivity contribution in [2.75, 3.05) is 12.5 Å². The Bertz CT molecular complexity index is 825. The Hall–Kier alpha value is -2.78. The third-order valence-corrected chi connectivity index (χ3v) is 4.55. The summed E-state index contributed by atoms with van der Waals surface area (Å²) in [5, 5.41) is 0. The van der Waals surface area contributed by atoms with Gasteiger partial charge in [-0.25, -0.2) is 0 Å². The minimum atomic E-state index is -0.0135. The van der Waals surface area contributed by atoms with Gasteiger partial charge in [-0.15, -0.1) is 11.6 Å². The first-order chi connectivity index (χ1) is 16.7. The highest BCUT2D eigenvalue weighted by Gasteiger charge is 2.10. The lowest BCUT2D eigenvalue weighted by molar-refractivity contribution is 0.101. The predicted molar refractivity (Wildman–Crippen MR) is 146 cm³/mol. The van der Waals surface area contributed by atoms with E-state index in [4.69, 9.17) is 21.1 Å². The maximum atomic E-state index is 11.8. The van der Waals surface area contributed by atoms with Crippen molar-refractivity contribution in [3.05, 3.63) is 96.1 Å². The van der Waals surface area contributed by atoms with Crippen LogP contribution in [0.1, 0.15) is 69.8 Å². The van der Waals surface area contributed by atoms with Crippen LogP contribution in [0.25, 0.3) is 0 Å². The molecule has 0 unspecified atom stereocenters. The van der Waals surface area contributed by atoms with E-state index in [2.05, 4.69) is 0 Å². The lowest BCUT2D eigenvalue weighted by atomic mass is 10.1. The van der Waals surface area contributed by atoms with E-state index in [1.165, 1.54) is 0 Å². The van der Waals surface area contributed by atoms with Gasteiger partial charge in [-0.05, 0) is 43.9 Å². The minimum absolute atomic E-state index is 0.0135. The Morgan fingerprint density at radius 1 is 0.735 bits per heavy atom. The van der Waals surface area contributed by atoms with Crippen LogP contribution in [0.2, 0.25) is 0 Å². The maximum Gasteiger partial charge on any atom is 0.163 e. The van der Waals surface area contributed by atoms with Crippen LogP contribution in [0.5, 0.6) is 11.5 Å². The summed E-state index contributed by atoms with van der Waals surface area (Å²) in [6.45, 7) is 10.6. The number of carbonyl (C=O) groups is 1. The van der Waals surface area contributed by atoms with Gasteiger partial charge in [0.15, 0.2) is 5.78 Å². The number of hydrogen-bond acceptors (Lipinski definition) is 3. The molecule has 0 saturated heterocycles. The fraction of sp³-hybridized carbons (Fsp3) is 0.367. The molecule has 0 aliphatic carbocycles. The Balaban J connectivity index is 0.000000916. The average Bonchev–Trinajstić information content (AvgIpc) is 2.91. The third kappa shape index (κ3) is 14.4. The maximum absolute atomic E-state index is 11.8. The van der Waals surface area contributed by atoms with Gasteiger partial charge in [0.25, 0.3) is 0 Å². The zero-order valence-corrected chi connectivity index (χ0v) is 22.2. The second-order valence-electron chi connectivity index (χ2n) is 6.74. The molecule has 0 spiro atoms. The van der Waals surface area contributed by atoms with Gasteiger partial charge < -0.3 is 9.47 Å². The van der Waals surface area contributed by atoms with E-state index >= 15 is 0 Å². The molecule has 0 saturated carbocycles. The molecular weight excluding hydrogens is 444 g/mol. The van der Waals surface area contributed by atoms with Crippen LogP contribution in [0.3, 0.4) is 0 Å². The van der Waals surface area contributed by atoms with E-state index in [0.717, 1.165) is 24.8 Å². The molecule has 0 aliphatic rings. The first kappa shape index (κ1) is 31.2. The summed E-state index contributed by atoms with van der Waals surface area (Å²) >= 11 is 5.67. The number of unbranched alkanes of at least 4 members (excludes halogenated alkanes) is 2. The van der Waals surface area contributed by atoms with Crippen LogP contribution in [0.15, 0.2) is 84.9 Å². The molecule has 3 aromatic rings. The van der Waals surface area contributed by atoms with Gasteiger partial charge in [-0.2, -0.15) is 0 Å². The molecular formula is C30H41ClO3. The number of rotatable bonds is 10. The van der Waals surface area contributed by atoms with Crippen molar-refractivity contribution in [2.24, 2.45) is 0 Å². The lowest BCUT2D eigenvalue weighted by Crippen LogP contribution is -2.04. The van der Waals surface area contributed by atoms with Crippen LogP contribution in [-0.2, 0) is 6.61 Å². The number of alkyl halides is 1. The molecule has 0 fully saturated rings. The average molecular weight is 485 g/mol. The van der Waals surface area contributed by atoms with Crippen LogP contribution in [0, 0.1) is 0 Å². The van der Waals surface area contributed by atoms with Crippen LogP contribution >= 0.6 is 11.6 Å². The lowest BCUT2D eigenvalue weighted by Gasteiger charge is -2.13. The molecule has 0 aliphatic heterocycles. The van der Waals surface area contributed by atoms with Gasteiger partial charge in [0, 0.05) is 11.9 Å². The summed E-state index contributed by atoms with van der Waals surface area (Å²) < 4.78 is 11.6. The quantitative estimate of drug-likeness (QED) is 0.163. The molecule has 0 atom stereocenters. The van der Waals surface area contributed by atoms with Crippen LogP contribution in [-0.4, -0.2) is 18.3 Å². The van der Waals surface area contributed by atoms with E-state index in [1.807, 2.05) is 94.4 Å². The smallest absolute Gasteiger partial charge is 0.163 e. The van der Waals surface area contributed by atoms with E-state index in [1.54, 1.807) is 25.1 Å². The summed E-state index contributed by atoms with van der Waals surface area (Å²) in [6.07, 6.45) is 2.91. The van der Waals surface area contributed by atoms with Gasteiger partial charge in [-0.1, -0.05) is 94.4 Å². The molecule has 0 aromatic heterocycles. The second-order valence-corrected chi connectivity index (χ2v) is 7.12. The number of halogens is 1.